The lowest BCUT2D eigenvalue weighted by Gasteiger charge is -2.13. The molecule has 0 aliphatic rings. The molecule has 3 N–H and O–H groups in total. The molecule has 1 heterocycles. The highest BCUT2D eigenvalue weighted by Gasteiger charge is 2.20. The van der Waals surface area contributed by atoms with Crippen molar-refractivity contribution in [3.8, 4) is 0 Å². The second kappa shape index (κ2) is 8.23. The highest BCUT2D eigenvalue weighted by molar-refractivity contribution is 7.88. The molecule has 25 heavy (non-hydrogen) atoms. The molecule has 2 rings (SSSR count). The Morgan fingerprint density at radius 1 is 1.36 bits per heavy atom. The lowest BCUT2D eigenvalue weighted by Crippen LogP contribution is -2.29. The second-order valence-corrected chi connectivity index (χ2v) is 7.51. The van der Waals surface area contributed by atoms with Crippen molar-refractivity contribution >= 4 is 27.7 Å². The minimum Gasteiger partial charge on any atom is -0.465 e. The number of hydrogen-bond acceptors (Lipinski definition) is 6. The zero-order valence-corrected chi connectivity index (χ0v) is 14.8. The molecule has 0 saturated carbocycles. The maximum absolute atomic E-state index is 11.0. The number of carboxylic acid groups (broad SMARTS) is 1. The molecule has 1 atom stereocenters. The molecule has 1 aromatic carbocycles. The Balaban J connectivity index is 2.07. The number of benzene rings is 1. The van der Waals surface area contributed by atoms with Gasteiger partial charge in [0.25, 0.3) is 0 Å². The van der Waals surface area contributed by atoms with Crippen molar-refractivity contribution < 1.29 is 18.3 Å². The van der Waals surface area contributed by atoms with E-state index in [0.29, 0.717) is 11.4 Å². The lowest BCUT2D eigenvalue weighted by atomic mass is 10.1. The van der Waals surface area contributed by atoms with Crippen LogP contribution in [-0.2, 0) is 23.0 Å². The van der Waals surface area contributed by atoms with Gasteiger partial charge in [-0.15, -0.1) is 10.2 Å². The molecule has 12 heteroatoms. The summed E-state index contributed by atoms with van der Waals surface area (Å²) < 4.78 is 24.4. The van der Waals surface area contributed by atoms with Crippen LogP contribution in [0.5, 0.6) is 0 Å². The van der Waals surface area contributed by atoms with Crippen molar-refractivity contribution in [3.05, 3.63) is 40.7 Å². The number of aromatic nitrogens is 4. The fourth-order valence-electron chi connectivity index (χ4n) is 2.03. The second-order valence-electron chi connectivity index (χ2n) is 5.24. The predicted molar refractivity (Wildman–Crippen MR) is 89.7 cm³/mol. The van der Waals surface area contributed by atoms with Crippen LogP contribution < -0.4 is 10.0 Å². The topological polar surface area (TPSA) is 139 Å². The van der Waals surface area contributed by atoms with Crippen LogP contribution in [0.2, 0.25) is 5.02 Å². The van der Waals surface area contributed by atoms with Crippen LogP contribution in [0.1, 0.15) is 17.4 Å². The van der Waals surface area contributed by atoms with Gasteiger partial charge in [-0.1, -0.05) is 23.7 Å². The van der Waals surface area contributed by atoms with Gasteiger partial charge in [-0.05, 0) is 22.9 Å². The smallest absolute Gasteiger partial charge is 0.405 e. The summed E-state index contributed by atoms with van der Waals surface area (Å²) in [6.07, 6.45) is 0.150. The number of rotatable bonds is 8. The van der Waals surface area contributed by atoms with E-state index in [9.17, 15) is 13.2 Å². The van der Waals surface area contributed by atoms with Gasteiger partial charge in [0.05, 0.1) is 12.8 Å². The number of amides is 1. The Hall–Kier alpha value is -2.24. The zero-order chi connectivity index (χ0) is 18.4. The van der Waals surface area contributed by atoms with Crippen molar-refractivity contribution in [2.24, 2.45) is 0 Å². The standard InChI is InChI=1S/C13H17ClN6O4S/c1-25(23,24)15-6-7-20-18-12(17-19-20)11(16-13(21)22)8-9-2-4-10(14)5-3-9/h2-5,11,15-16H,6-8H2,1H3,(H,21,22)/t11-/m0/s1. The Labute approximate surface area is 149 Å². The molecular weight excluding hydrogens is 372 g/mol. The number of tetrazole rings is 1. The summed E-state index contributed by atoms with van der Waals surface area (Å²) in [7, 11) is -3.30. The molecule has 0 saturated heterocycles. The van der Waals surface area contributed by atoms with E-state index in [0.717, 1.165) is 11.8 Å². The average molecular weight is 389 g/mol. The van der Waals surface area contributed by atoms with Crippen LogP contribution in [0.3, 0.4) is 0 Å². The van der Waals surface area contributed by atoms with Crippen LogP contribution in [0.25, 0.3) is 0 Å². The van der Waals surface area contributed by atoms with Gasteiger partial charge in [-0.2, -0.15) is 4.80 Å². The van der Waals surface area contributed by atoms with E-state index in [1.165, 1.54) is 4.80 Å². The van der Waals surface area contributed by atoms with E-state index in [1.807, 2.05) is 0 Å². The molecule has 0 aliphatic carbocycles. The molecule has 136 valence electrons. The SMILES string of the molecule is CS(=O)(=O)NCCn1nnc([C@H](Cc2ccc(Cl)cc2)NC(=O)O)n1. The molecule has 0 radical (unpaired) electrons. The Bertz CT molecular complexity index is 823. The van der Waals surface area contributed by atoms with Gasteiger partial charge >= 0.3 is 6.09 Å². The molecule has 1 amide bonds. The first-order chi connectivity index (χ1) is 11.7. The third-order valence-corrected chi connectivity index (χ3v) is 4.09. The van der Waals surface area contributed by atoms with E-state index >= 15 is 0 Å². The van der Waals surface area contributed by atoms with Gasteiger partial charge in [0.15, 0.2) is 5.82 Å². The number of sulfonamides is 1. The molecule has 1 aromatic heterocycles. The van der Waals surface area contributed by atoms with Crippen molar-refractivity contribution in [1.29, 1.82) is 0 Å². The highest BCUT2D eigenvalue weighted by atomic mass is 35.5. The van der Waals surface area contributed by atoms with Gasteiger partial charge in [0.2, 0.25) is 10.0 Å². The van der Waals surface area contributed by atoms with Crippen LogP contribution in [0.15, 0.2) is 24.3 Å². The fourth-order valence-corrected chi connectivity index (χ4v) is 2.62. The molecule has 0 fully saturated rings. The minimum atomic E-state index is -3.30. The summed E-state index contributed by atoms with van der Waals surface area (Å²) in [6, 6.07) is 6.26. The highest BCUT2D eigenvalue weighted by Crippen LogP contribution is 2.17. The third kappa shape index (κ3) is 6.64. The van der Waals surface area contributed by atoms with E-state index in [1.54, 1.807) is 24.3 Å². The van der Waals surface area contributed by atoms with Crippen molar-refractivity contribution in [2.75, 3.05) is 12.8 Å². The van der Waals surface area contributed by atoms with E-state index in [2.05, 4.69) is 25.4 Å². The zero-order valence-electron chi connectivity index (χ0n) is 13.3. The summed E-state index contributed by atoms with van der Waals surface area (Å²) in [4.78, 5) is 12.2. The maximum Gasteiger partial charge on any atom is 0.405 e. The quantitative estimate of drug-likeness (QED) is 0.595. The van der Waals surface area contributed by atoms with Crippen LogP contribution in [-0.4, -0.2) is 52.6 Å². The minimum absolute atomic E-state index is 0.100. The molecule has 0 unspecified atom stereocenters. The first-order valence-electron chi connectivity index (χ1n) is 7.19. The number of hydrogen-bond donors (Lipinski definition) is 3. The lowest BCUT2D eigenvalue weighted by molar-refractivity contribution is 0.189. The third-order valence-electron chi connectivity index (χ3n) is 3.11. The van der Waals surface area contributed by atoms with Crippen molar-refractivity contribution in [2.45, 2.75) is 19.0 Å². The van der Waals surface area contributed by atoms with E-state index < -0.39 is 22.2 Å². The van der Waals surface area contributed by atoms with E-state index in [4.69, 9.17) is 16.7 Å². The summed E-state index contributed by atoms with van der Waals surface area (Å²) in [5.41, 5.74) is 0.846. The normalized spacial score (nSPS) is 12.7. The van der Waals surface area contributed by atoms with Crippen LogP contribution in [0.4, 0.5) is 4.79 Å². The van der Waals surface area contributed by atoms with Gasteiger partial charge in [-0.3, -0.25) is 0 Å². The summed E-state index contributed by atoms with van der Waals surface area (Å²) >= 11 is 5.84. The molecular formula is C13H17ClN6O4S. The molecule has 2 aromatic rings. The van der Waals surface area contributed by atoms with Gasteiger partial charge in [0.1, 0.15) is 6.04 Å². The molecule has 0 bridgehead atoms. The summed E-state index contributed by atoms with van der Waals surface area (Å²) in [6.45, 7) is 0.268. The monoisotopic (exact) mass is 388 g/mol. The fraction of sp³-hybridized carbons (Fsp3) is 0.385. The van der Waals surface area contributed by atoms with Crippen LogP contribution in [0, 0.1) is 0 Å². The van der Waals surface area contributed by atoms with Crippen molar-refractivity contribution in [1.82, 2.24) is 30.2 Å². The number of halogens is 1. The Morgan fingerprint density at radius 3 is 2.64 bits per heavy atom. The van der Waals surface area contributed by atoms with Crippen LogP contribution >= 0.6 is 11.6 Å². The van der Waals surface area contributed by atoms with Gasteiger partial charge in [-0.25, -0.2) is 17.9 Å². The average Bonchev–Trinajstić information content (AvgIpc) is 2.96. The summed E-state index contributed by atoms with van der Waals surface area (Å²) in [5, 5.41) is 23.7. The number of carbonyl (C=O) groups is 1. The van der Waals surface area contributed by atoms with Gasteiger partial charge < -0.3 is 10.4 Å². The predicted octanol–water partition coefficient (Wildman–Crippen LogP) is 0.427. The molecule has 0 aliphatic heterocycles. The molecule has 0 spiro atoms. The number of nitrogens with zero attached hydrogens (tertiary/aromatic N) is 4. The maximum atomic E-state index is 11.0. The Kier molecular flexibility index (Phi) is 6.28. The first-order valence-corrected chi connectivity index (χ1v) is 9.46. The summed E-state index contributed by atoms with van der Waals surface area (Å²) in [5.74, 6) is 0.191. The number of nitrogens with one attached hydrogen (secondary N) is 2. The largest absolute Gasteiger partial charge is 0.465 e. The van der Waals surface area contributed by atoms with E-state index in [-0.39, 0.29) is 18.9 Å². The van der Waals surface area contributed by atoms with Crippen molar-refractivity contribution in [3.63, 3.8) is 0 Å². The van der Waals surface area contributed by atoms with Gasteiger partial charge in [0, 0.05) is 18.0 Å². The first kappa shape index (κ1) is 19.1. The molecule has 10 nitrogen and oxygen atoms in total. The Morgan fingerprint density at radius 2 is 2.04 bits per heavy atom.